The Labute approximate surface area is 197 Å². The first kappa shape index (κ1) is 24.6. The van der Waals surface area contributed by atoms with Gasteiger partial charge in [-0.2, -0.15) is 0 Å². The number of likely N-dealkylation sites (N-methyl/N-ethyl adjacent to an activating group) is 1. The molecule has 0 radical (unpaired) electrons. The number of aromatic nitrogens is 2. The maximum Gasteiger partial charge on any atom is 0.174 e. The van der Waals surface area contributed by atoms with Gasteiger partial charge in [0, 0.05) is 24.1 Å². The van der Waals surface area contributed by atoms with Gasteiger partial charge < -0.3 is 14.7 Å². The number of halogens is 2. The maximum absolute atomic E-state index is 14.2. The van der Waals surface area contributed by atoms with E-state index in [1.165, 1.54) is 37.1 Å². The Kier molecular flexibility index (Phi) is 8.38. The number of imidazole rings is 1. The number of thioether (sulfide) groups is 1. The molecule has 0 amide bonds. The summed E-state index contributed by atoms with van der Waals surface area (Å²) in [5, 5.41) is 10.9. The van der Waals surface area contributed by atoms with E-state index in [1.807, 2.05) is 48.6 Å². The van der Waals surface area contributed by atoms with Crippen molar-refractivity contribution in [1.29, 1.82) is 0 Å². The van der Waals surface area contributed by atoms with Crippen LogP contribution in [0.15, 0.2) is 71.5 Å². The Morgan fingerprint density at radius 3 is 2.70 bits per heavy atom. The SMILES string of the molecule is C/C=C\C(=C/CC)n1c(N(C)[C@H]2C=C(O)C(OC)=CC2)cnc1SCc1c(F)cccc1F. The normalized spacial score (nSPS) is 16.7. The van der Waals surface area contributed by atoms with E-state index >= 15 is 0 Å². The minimum Gasteiger partial charge on any atom is -0.504 e. The van der Waals surface area contributed by atoms with Crippen molar-refractivity contribution in [3.05, 3.63) is 83.5 Å². The summed E-state index contributed by atoms with van der Waals surface area (Å²) in [7, 11) is 3.45. The molecule has 0 spiro atoms. The van der Waals surface area contributed by atoms with E-state index in [2.05, 4.69) is 11.1 Å². The van der Waals surface area contributed by atoms with Gasteiger partial charge in [0.15, 0.2) is 16.7 Å². The van der Waals surface area contributed by atoms with Crippen LogP contribution in [0.2, 0.25) is 0 Å². The molecule has 2 aromatic rings. The average molecular weight is 474 g/mol. The van der Waals surface area contributed by atoms with Gasteiger partial charge in [-0.3, -0.25) is 4.57 Å². The third-order valence-corrected chi connectivity index (χ3v) is 6.33. The van der Waals surface area contributed by atoms with Gasteiger partial charge in [0.1, 0.15) is 17.5 Å². The predicted octanol–water partition coefficient (Wildman–Crippen LogP) is 6.46. The first-order valence-electron chi connectivity index (χ1n) is 10.8. The monoisotopic (exact) mass is 473 g/mol. The van der Waals surface area contributed by atoms with Crippen LogP contribution in [0.3, 0.4) is 0 Å². The number of rotatable bonds is 9. The van der Waals surface area contributed by atoms with E-state index in [-0.39, 0.29) is 23.1 Å². The van der Waals surface area contributed by atoms with Crippen molar-refractivity contribution >= 4 is 23.3 Å². The van der Waals surface area contributed by atoms with Gasteiger partial charge in [-0.25, -0.2) is 13.8 Å². The van der Waals surface area contributed by atoms with Crippen molar-refractivity contribution in [3.8, 4) is 0 Å². The van der Waals surface area contributed by atoms with Crippen molar-refractivity contribution in [2.24, 2.45) is 0 Å². The molecule has 1 aromatic heterocycles. The van der Waals surface area contributed by atoms with Gasteiger partial charge in [-0.05, 0) is 50.1 Å². The van der Waals surface area contributed by atoms with Gasteiger partial charge in [0.2, 0.25) is 0 Å². The molecule has 1 aromatic carbocycles. The Bertz CT molecular complexity index is 1080. The number of anilines is 1. The Morgan fingerprint density at radius 2 is 2.09 bits per heavy atom. The number of hydrogen-bond acceptors (Lipinski definition) is 5. The van der Waals surface area contributed by atoms with Crippen LogP contribution >= 0.6 is 11.8 Å². The molecular weight excluding hydrogens is 444 g/mol. The summed E-state index contributed by atoms with van der Waals surface area (Å²) in [5.74, 6) is 0.315. The van der Waals surface area contributed by atoms with Crippen LogP contribution in [-0.2, 0) is 10.5 Å². The van der Waals surface area contributed by atoms with E-state index < -0.39 is 11.6 Å². The predicted molar refractivity (Wildman–Crippen MR) is 130 cm³/mol. The lowest BCUT2D eigenvalue weighted by molar-refractivity contribution is 0.249. The van der Waals surface area contributed by atoms with Gasteiger partial charge in [0.25, 0.3) is 0 Å². The van der Waals surface area contributed by atoms with E-state index in [0.29, 0.717) is 17.3 Å². The molecule has 1 aliphatic carbocycles. The molecule has 1 heterocycles. The van der Waals surface area contributed by atoms with E-state index in [1.54, 1.807) is 12.3 Å². The topological polar surface area (TPSA) is 50.5 Å². The van der Waals surface area contributed by atoms with Crippen LogP contribution in [0.25, 0.3) is 5.70 Å². The minimum atomic E-state index is -0.570. The summed E-state index contributed by atoms with van der Waals surface area (Å²) in [6.07, 6.45) is 12.8. The number of aliphatic hydroxyl groups excluding tert-OH is 1. The number of hydrogen-bond donors (Lipinski definition) is 1. The fourth-order valence-electron chi connectivity index (χ4n) is 3.63. The number of methoxy groups -OCH3 is 1. The number of benzene rings is 1. The zero-order valence-corrected chi connectivity index (χ0v) is 20.1. The number of ether oxygens (including phenoxy) is 1. The first-order chi connectivity index (χ1) is 15.9. The molecule has 0 aliphatic heterocycles. The van der Waals surface area contributed by atoms with Crippen LogP contribution in [0.4, 0.5) is 14.6 Å². The number of aliphatic hydroxyl groups is 1. The summed E-state index contributed by atoms with van der Waals surface area (Å²) in [6.45, 7) is 3.98. The lowest BCUT2D eigenvalue weighted by Crippen LogP contribution is -2.33. The Hall–Kier alpha value is -3.00. The highest BCUT2D eigenvalue weighted by Gasteiger charge is 2.24. The lowest BCUT2D eigenvalue weighted by atomic mass is 10.1. The van der Waals surface area contributed by atoms with Crippen molar-refractivity contribution in [2.45, 2.75) is 43.6 Å². The average Bonchev–Trinajstić information content (AvgIpc) is 3.21. The highest BCUT2D eigenvalue weighted by atomic mass is 32.2. The Balaban J connectivity index is 1.98. The van der Waals surface area contributed by atoms with Crippen LogP contribution in [0.1, 0.15) is 32.3 Å². The first-order valence-corrected chi connectivity index (χ1v) is 11.7. The van der Waals surface area contributed by atoms with Gasteiger partial charge >= 0.3 is 0 Å². The molecule has 176 valence electrons. The zero-order valence-electron chi connectivity index (χ0n) is 19.3. The summed E-state index contributed by atoms with van der Waals surface area (Å²) in [6, 6.07) is 3.76. The van der Waals surface area contributed by atoms with Crippen LogP contribution in [0.5, 0.6) is 0 Å². The van der Waals surface area contributed by atoms with Crippen molar-refractivity contribution in [2.75, 3.05) is 19.1 Å². The maximum atomic E-state index is 14.2. The molecule has 3 rings (SSSR count). The van der Waals surface area contributed by atoms with Gasteiger partial charge in [-0.15, -0.1) is 0 Å². The summed E-state index contributed by atoms with van der Waals surface area (Å²) < 4.78 is 35.5. The molecule has 0 unspecified atom stereocenters. The molecule has 33 heavy (non-hydrogen) atoms. The van der Waals surface area contributed by atoms with Gasteiger partial charge in [-0.1, -0.05) is 36.9 Å². The molecule has 0 saturated carbocycles. The highest BCUT2D eigenvalue weighted by Crippen LogP contribution is 2.33. The molecule has 1 atom stereocenters. The largest absolute Gasteiger partial charge is 0.504 e. The minimum absolute atomic E-state index is 0.0244. The van der Waals surface area contributed by atoms with Gasteiger partial charge in [0.05, 0.1) is 19.3 Å². The fourth-order valence-corrected chi connectivity index (χ4v) is 4.64. The third-order valence-electron chi connectivity index (χ3n) is 5.35. The summed E-state index contributed by atoms with van der Waals surface area (Å²) in [5.41, 5.74) is 0.935. The lowest BCUT2D eigenvalue weighted by Gasteiger charge is -2.30. The molecule has 0 fully saturated rings. The highest BCUT2D eigenvalue weighted by molar-refractivity contribution is 7.98. The molecule has 0 saturated heterocycles. The zero-order chi connectivity index (χ0) is 24.0. The molecule has 0 bridgehead atoms. The second-order valence-corrected chi connectivity index (χ2v) is 8.44. The third kappa shape index (κ3) is 5.50. The second-order valence-electron chi connectivity index (χ2n) is 7.50. The standard InChI is InChI=1S/C25H29F2N3O2S/c1-5-8-17(9-6-2)30-24(29(3)18-12-13-23(32-4)22(31)14-18)15-28-25(30)33-16-19-20(26)10-7-11-21(19)27/h5,7-11,13-15,18,31H,6,12,16H2,1-4H3/b8-5-,17-9+/t18-/m1/s1. The molecule has 1 aliphatic rings. The van der Waals surface area contributed by atoms with E-state index in [9.17, 15) is 13.9 Å². The van der Waals surface area contributed by atoms with Crippen LogP contribution < -0.4 is 4.90 Å². The Morgan fingerprint density at radius 1 is 1.36 bits per heavy atom. The molecule has 5 nitrogen and oxygen atoms in total. The van der Waals surface area contributed by atoms with E-state index in [0.717, 1.165) is 17.9 Å². The van der Waals surface area contributed by atoms with Crippen LogP contribution in [-0.4, -0.2) is 34.9 Å². The number of nitrogens with zero attached hydrogens (tertiary/aromatic N) is 3. The molecule has 1 N–H and O–H groups in total. The van der Waals surface area contributed by atoms with E-state index in [4.69, 9.17) is 4.74 Å². The number of allylic oxidation sites excluding steroid dienone is 4. The smallest absolute Gasteiger partial charge is 0.174 e. The quantitative estimate of drug-likeness (QED) is 0.335. The molecular formula is C25H29F2N3O2S. The molecule has 8 heteroatoms. The fraction of sp³-hybridized carbons (Fsp3) is 0.320. The second kappa shape index (κ2) is 11.2. The van der Waals surface area contributed by atoms with Crippen molar-refractivity contribution < 1.29 is 18.6 Å². The summed E-state index contributed by atoms with van der Waals surface area (Å²) >= 11 is 1.27. The van der Waals surface area contributed by atoms with Crippen molar-refractivity contribution in [3.63, 3.8) is 0 Å². The van der Waals surface area contributed by atoms with Crippen LogP contribution in [0, 0.1) is 11.6 Å². The summed E-state index contributed by atoms with van der Waals surface area (Å²) in [4.78, 5) is 6.60. The van der Waals surface area contributed by atoms with Crippen molar-refractivity contribution in [1.82, 2.24) is 9.55 Å².